The molecule has 0 aromatic rings. The van der Waals surface area contributed by atoms with Crippen LogP contribution in [0.3, 0.4) is 0 Å². The number of likely N-dealkylation sites (tertiary alicyclic amines) is 1. The number of piperidine rings is 1. The number of likely N-dealkylation sites (N-methyl/N-ethyl adjacent to an activating group) is 1. The Morgan fingerprint density at radius 3 is 2.67 bits per heavy atom. The van der Waals surface area contributed by atoms with Crippen LogP contribution in [-0.2, 0) is 4.79 Å². The van der Waals surface area contributed by atoms with Crippen LogP contribution in [0.1, 0.15) is 12.8 Å². The zero-order valence-electron chi connectivity index (χ0n) is 6.76. The number of carbonyl (C=O) groups is 1. The maximum atomic E-state index is 12.7. The lowest BCUT2D eigenvalue weighted by Crippen LogP contribution is -2.49. The van der Waals surface area contributed by atoms with Gasteiger partial charge in [0.2, 0.25) is 0 Å². The van der Waals surface area contributed by atoms with Crippen LogP contribution < -0.4 is 0 Å². The molecule has 1 rings (SSSR count). The molecule has 1 saturated heterocycles. The first kappa shape index (κ1) is 9.38. The smallest absolute Gasteiger partial charge is 0.320 e. The van der Waals surface area contributed by atoms with Gasteiger partial charge in [0, 0.05) is 6.42 Å². The molecular formula is C7H11F2NO2. The maximum absolute atomic E-state index is 12.7. The highest BCUT2D eigenvalue weighted by molar-refractivity contribution is 5.73. The number of alkyl halides is 2. The van der Waals surface area contributed by atoms with E-state index in [2.05, 4.69) is 0 Å². The molecule has 0 aliphatic carbocycles. The van der Waals surface area contributed by atoms with Gasteiger partial charge in [-0.25, -0.2) is 8.78 Å². The molecule has 5 heteroatoms. The number of hydrogen-bond donors (Lipinski definition) is 1. The van der Waals surface area contributed by atoms with Gasteiger partial charge < -0.3 is 5.11 Å². The monoisotopic (exact) mass is 179 g/mol. The molecule has 3 nitrogen and oxygen atoms in total. The first-order chi connectivity index (χ1) is 5.42. The highest BCUT2D eigenvalue weighted by Gasteiger charge is 2.40. The molecule has 1 fully saturated rings. The minimum absolute atomic E-state index is 0.0266. The van der Waals surface area contributed by atoms with E-state index >= 15 is 0 Å². The van der Waals surface area contributed by atoms with Gasteiger partial charge in [-0.1, -0.05) is 0 Å². The number of rotatable bonds is 1. The summed E-state index contributed by atoms with van der Waals surface area (Å²) in [5, 5.41) is 8.59. The highest BCUT2D eigenvalue weighted by atomic mass is 19.3. The summed E-state index contributed by atoms with van der Waals surface area (Å²) >= 11 is 0. The van der Waals surface area contributed by atoms with Crippen LogP contribution in [0.4, 0.5) is 8.78 Å². The average molecular weight is 179 g/mol. The van der Waals surface area contributed by atoms with E-state index in [1.54, 1.807) is 0 Å². The van der Waals surface area contributed by atoms with Crippen molar-refractivity contribution < 1.29 is 18.7 Å². The van der Waals surface area contributed by atoms with Crippen LogP contribution in [0.25, 0.3) is 0 Å². The molecule has 0 spiro atoms. The second kappa shape index (κ2) is 2.97. The third kappa shape index (κ3) is 1.91. The predicted octanol–water partition coefficient (Wildman–Crippen LogP) is 0.800. The van der Waals surface area contributed by atoms with Crippen LogP contribution >= 0.6 is 0 Å². The number of carboxylic acids is 1. The molecule has 0 aromatic carbocycles. The van der Waals surface area contributed by atoms with Crippen molar-refractivity contribution in [1.29, 1.82) is 0 Å². The number of halogens is 2. The van der Waals surface area contributed by atoms with Gasteiger partial charge in [0.05, 0.1) is 6.54 Å². The van der Waals surface area contributed by atoms with Gasteiger partial charge in [-0.05, 0) is 13.5 Å². The van der Waals surface area contributed by atoms with Crippen LogP contribution in [0, 0.1) is 0 Å². The van der Waals surface area contributed by atoms with Crippen LogP contribution in [-0.4, -0.2) is 41.5 Å². The molecule has 70 valence electrons. The molecule has 0 saturated carbocycles. The Kier molecular flexibility index (Phi) is 2.32. The third-order valence-electron chi connectivity index (χ3n) is 2.08. The molecule has 1 N–H and O–H groups in total. The van der Waals surface area contributed by atoms with Crippen LogP contribution in [0.2, 0.25) is 0 Å². The molecule has 0 aromatic heterocycles. The summed E-state index contributed by atoms with van der Waals surface area (Å²) < 4.78 is 25.3. The molecule has 1 aliphatic rings. The summed E-state index contributed by atoms with van der Waals surface area (Å²) in [5.74, 6) is -3.74. The van der Waals surface area contributed by atoms with Crippen molar-refractivity contribution in [2.45, 2.75) is 24.8 Å². The SMILES string of the molecule is CN1CC(F)(F)CCC1C(=O)O. The second-order valence-corrected chi connectivity index (χ2v) is 3.16. The number of carboxylic acid groups (broad SMARTS) is 1. The van der Waals surface area contributed by atoms with Gasteiger partial charge in [-0.2, -0.15) is 0 Å². The van der Waals surface area contributed by atoms with E-state index in [9.17, 15) is 13.6 Å². The molecule has 1 aliphatic heterocycles. The van der Waals surface area contributed by atoms with Gasteiger partial charge in [0.25, 0.3) is 5.92 Å². The average Bonchev–Trinajstić information content (AvgIpc) is 1.83. The van der Waals surface area contributed by atoms with Crippen LogP contribution in [0.5, 0.6) is 0 Å². The minimum atomic E-state index is -2.72. The molecule has 0 bridgehead atoms. The quantitative estimate of drug-likeness (QED) is 0.647. The van der Waals surface area contributed by atoms with Gasteiger partial charge in [0.1, 0.15) is 6.04 Å². The van der Waals surface area contributed by atoms with E-state index in [1.807, 2.05) is 0 Å². The van der Waals surface area contributed by atoms with E-state index in [0.29, 0.717) is 0 Å². The third-order valence-corrected chi connectivity index (χ3v) is 2.08. The molecule has 12 heavy (non-hydrogen) atoms. The first-order valence-corrected chi connectivity index (χ1v) is 3.73. The van der Waals surface area contributed by atoms with E-state index in [4.69, 9.17) is 5.11 Å². The summed E-state index contributed by atoms with van der Waals surface area (Å²) in [7, 11) is 1.41. The lowest BCUT2D eigenvalue weighted by atomic mass is 10.0. The van der Waals surface area contributed by atoms with E-state index in [0.717, 1.165) is 0 Å². The van der Waals surface area contributed by atoms with Crippen molar-refractivity contribution in [3.05, 3.63) is 0 Å². The lowest BCUT2D eigenvalue weighted by Gasteiger charge is -2.34. The molecular weight excluding hydrogens is 168 g/mol. The zero-order chi connectivity index (χ0) is 9.35. The molecule has 1 atom stereocenters. The maximum Gasteiger partial charge on any atom is 0.320 e. The Labute approximate surface area is 69.0 Å². The molecule has 0 radical (unpaired) electrons. The van der Waals surface area contributed by atoms with Crippen molar-refractivity contribution >= 4 is 5.97 Å². The lowest BCUT2D eigenvalue weighted by molar-refractivity contribution is -0.150. The van der Waals surface area contributed by atoms with Gasteiger partial charge >= 0.3 is 5.97 Å². The zero-order valence-corrected chi connectivity index (χ0v) is 6.76. The summed E-state index contributed by atoms with van der Waals surface area (Å²) in [6.07, 6.45) is -0.298. The van der Waals surface area contributed by atoms with Crippen LogP contribution in [0.15, 0.2) is 0 Å². The fourth-order valence-corrected chi connectivity index (χ4v) is 1.43. The molecule has 1 heterocycles. The van der Waals surface area contributed by atoms with Gasteiger partial charge in [-0.15, -0.1) is 0 Å². The van der Waals surface area contributed by atoms with E-state index in [1.165, 1.54) is 11.9 Å². The fourth-order valence-electron chi connectivity index (χ4n) is 1.43. The largest absolute Gasteiger partial charge is 0.480 e. The number of aliphatic carboxylic acids is 1. The summed E-state index contributed by atoms with van der Waals surface area (Å²) in [6.45, 7) is -0.454. The Morgan fingerprint density at radius 1 is 1.67 bits per heavy atom. The van der Waals surface area contributed by atoms with Gasteiger partial charge in [-0.3, -0.25) is 9.69 Å². The molecule has 1 unspecified atom stereocenters. The Balaban J connectivity index is 2.60. The highest BCUT2D eigenvalue weighted by Crippen LogP contribution is 2.28. The van der Waals surface area contributed by atoms with Crippen molar-refractivity contribution in [1.82, 2.24) is 4.90 Å². The Hall–Kier alpha value is -0.710. The first-order valence-electron chi connectivity index (χ1n) is 3.73. The van der Waals surface area contributed by atoms with Crippen molar-refractivity contribution in [3.63, 3.8) is 0 Å². The standard InChI is InChI=1S/C7H11F2NO2/c1-10-4-7(8,9)3-2-5(10)6(11)12/h5H,2-4H2,1H3,(H,11,12). The van der Waals surface area contributed by atoms with Crippen molar-refractivity contribution in [2.24, 2.45) is 0 Å². The van der Waals surface area contributed by atoms with Crippen molar-refractivity contribution in [3.8, 4) is 0 Å². The number of hydrogen-bond acceptors (Lipinski definition) is 2. The Morgan fingerprint density at radius 2 is 2.25 bits per heavy atom. The summed E-state index contributed by atoms with van der Waals surface area (Å²) in [6, 6.07) is -0.746. The fraction of sp³-hybridized carbons (Fsp3) is 0.857. The Bertz CT molecular complexity index is 196. The summed E-state index contributed by atoms with van der Waals surface area (Å²) in [4.78, 5) is 11.7. The topological polar surface area (TPSA) is 40.5 Å². The van der Waals surface area contributed by atoms with E-state index < -0.39 is 24.5 Å². The van der Waals surface area contributed by atoms with Gasteiger partial charge in [0.15, 0.2) is 0 Å². The normalized spacial score (nSPS) is 30.1. The van der Waals surface area contributed by atoms with E-state index in [-0.39, 0.29) is 12.8 Å². The van der Waals surface area contributed by atoms with Crippen molar-refractivity contribution in [2.75, 3.05) is 13.6 Å². The second-order valence-electron chi connectivity index (χ2n) is 3.16. The summed E-state index contributed by atoms with van der Waals surface area (Å²) in [5.41, 5.74) is 0. The predicted molar refractivity (Wildman–Crippen MR) is 38.2 cm³/mol. The minimum Gasteiger partial charge on any atom is -0.480 e. The number of nitrogens with zero attached hydrogens (tertiary/aromatic N) is 1. The molecule has 0 amide bonds.